The van der Waals surface area contributed by atoms with Crippen molar-refractivity contribution in [1.29, 1.82) is 0 Å². The average Bonchev–Trinajstić information content (AvgIpc) is 3.25. The molecule has 154 valence electrons. The number of carbonyl (C=O) groups is 1. The van der Waals surface area contributed by atoms with Crippen molar-refractivity contribution in [2.45, 2.75) is 32.7 Å². The van der Waals surface area contributed by atoms with Crippen molar-refractivity contribution in [1.82, 2.24) is 9.88 Å². The third-order valence-electron chi connectivity index (χ3n) is 5.17. The first-order chi connectivity index (χ1) is 12.4. The summed E-state index contributed by atoms with van der Waals surface area (Å²) >= 11 is 1.54. The number of nitrogens with two attached hydrogens (primary N) is 1. The molecule has 28 heavy (non-hydrogen) atoms. The van der Waals surface area contributed by atoms with Gasteiger partial charge in [-0.1, -0.05) is 13.8 Å². The number of ether oxygens (including phenoxy) is 2. The van der Waals surface area contributed by atoms with Gasteiger partial charge in [-0.25, -0.2) is 4.98 Å². The molecule has 1 unspecified atom stereocenters. The van der Waals surface area contributed by atoms with E-state index in [-0.39, 0.29) is 49.0 Å². The predicted molar refractivity (Wildman–Crippen MR) is 115 cm³/mol. The molecule has 1 aromatic carbocycles. The first-order valence-electron chi connectivity index (χ1n) is 8.80. The molecule has 6 nitrogen and oxygen atoms in total. The van der Waals surface area contributed by atoms with Crippen LogP contribution in [0.3, 0.4) is 0 Å². The van der Waals surface area contributed by atoms with E-state index in [4.69, 9.17) is 15.2 Å². The maximum atomic E-state index is 12.7. The second-order valence-corrected chi connectivity index (χ2v) is 8.45. The Morgan fingerprint density at radius 3 is 2.82 bits per heavy atom. The predicted octanol–water partition coefficient (Wildman–Crippen LogP) is 3.51. The van der Waals surface area contributed by atoms with Crippen molar-refractivity contribution in [3.8, 4) is 22.1 Å². The molecule has 0 saturated carbocycles. The number of benzene rings is 1. The highest BCUT2D eigenvalue weighted by Crippen LogP contribution is 2.36. The smallest absolute Gasteiger partial charge is 0.231 e. The van der Waals surface area contributed by atoms with Crippen molar-refractivity contribution >= 4 is 42.1 Å². The summed E-state index contributed by atoms with van der Waals surface area (Å²) in [5.74, 6) is 1.61. The third-order valence-corrected chi connectivity index (χ3v) is 6.11. The van der Waals surface area contributed by atoms with Gasteiger partial charge in [0.05, 0.1) is 12.1 Å². The van der Waals surface area contributed by atoms with Gasteiger partial charge in [0.15, 0.2) is 11.5 Å². The lowest BCUT2D eigenvalue weighted by Crippen LogP contribution is -2.54. The van der Waals surface area contributed by atoms with Crippen LogP contribution >= 0.6 is 36.2 Å². The highest BCUT2D eigenvalue weighted by molar-refractivity contribution is 7.13. The molecular formula is C19H25Cl2N3O3S. The van der Waals surface area contributed by atoms with Crippen molar-refractivity contribution in [3.63, 3.8) is 0 Å². The summed E-state index contributed by atoms with van der Waals surface area (Å²) < 4.78 is 10.8. The zero-order valence-electron chi connectivity index (χ0n) is 15.8. The maximum absolute atomic E-state index is 12.7. The van der Waals surface area contributed by atoms with E-state index in [1.807, 2.05) is 28.5 Å². The van der Waals surface area contributed by atoms with Gasteiger partial charge in [-0.2, -0.15) is 0 Å². The maximum Gasteiger partial charge on any atom is 0.231 e. The van der Waals surface area contributed by atoms with Crippen molar-refractivity contribution in [2.24, 2.45) is 11.1 Å². The number of carbonyl (C=O) groups excluding carboxylic acids is 1. The normalized spacial score (nSPS) is 19.5. The Hall–Kier alpha value is -1.54. The van der Waals surface area contributed by atoms with Crippen LogP contribution in [0.1, 0.15) is 26.0 Å². The number of likely N-dealkylation sites (tertiary alicyclic amines) is 1. The molecule has 2 aliphatic rings. The van der Waals surface area contributed by atoms with Gasteiger partial charge in [0.25, 0.3) is 0 Å². The Kier molecular flexibility index (Phi) is 7.20. The quantitative estimate of drug-likeness (QED) is 0.781. The fraction of sp³-hybridized carbons (Fsp3) is 0.474. The van der Waals surface area contributed by atoms with Crippen LogP contribution in [0.25, 0.3) is 10.6 Å². The van der Waals surface area contributed by atoms with E-state index < -0.39 is 0 Å². The van der Waals surface area contributed by atoms with Crippen LogP contribution in [-0.2, 0) is 11.2 Å². The zero-order valence-corrected chi connectivity index (χ0v) is 18.3. The number of aromatic nitrogens is 1. The summed E-state index contributed by atoms with van der Waals surface area (Å²) in [6.07, 6.45) is 1.17. The topological polar surface area (TPSA) is 77.7 Å². The second kappa shape index (κ2) is 8.86. The van der Waals surface area contributed by atoms with Gasteiger partial charge in [-0.05, 0) is 30.0 Å². The summed E-state index contributed by atoms with van der Waals surface area (Å²) in [7, 11) is 0. The molecule has 0 spiro atoms. The summed E-state index contributed by atoms with van der Waals surface area (Å²) in [4.78, 5) is 19.2. The van der Waals surface area contributed by atoms with Crippen LogP contribution in [0.2, 0.25) is 0 Å². The number of rotatable bonds is 3. The molecule has 1 fully saturated rings. The molecule has 4 rings (SSSR count). The van der Waals surface area contributed by atoms with Gasteiger partial charge < -0.3 is 20.1 Å². The van der Waals surface area contributed by atoms with Crippen LogP contribution in [0.5, 0.6) is 11.5 Å². The summed E-state index contributed by atoms with van der Waals surface area (Å²) in [6.45, 7) is 5.93. The molecule has 1 aromatic heterocycles. The highest BCUT2D eigenvalue weighted by atomic mass is 35.5. The molecule has 0 radical (unpaired) electrons. The fourth-order valence-electron chi connectivity index (χ4n) is 3.40. The molecule has 3 heterocycles. The first kappa shape index (κ1) is 22.7. The molecule has 2 N–H and O–H groups in total. The first-order valence-corrected chi connectivity index (χ1v) is 9.68. The SMILES string of the molecule is CC1(C)CN(C(=O)Cc2csc(-c3ccc4c(c3)OCO4)n2)CCC1N.Cl.Cl. The Labute approximate surface area is 181 Å². The monoisotopic (exact) mass is 445 g/mol. The van der Waals surface area contributed by atoms with E-state index in [0.29, 0.717) is 13.0 Å². The van der Waals surface area contributed by atoms with Crippen molar-refractivity contribution in [3.05, 3.63) is 29.3 Å². The lowest BCUT2D eigenvalue weighted by Gasteiger charge is -2.42. The molecule has 1 saturated heterocycles. The molecule has 1 atom stereocenters. The number of thiazole rings is 1. The summed E-state index contributed by atoms with van der Waals surface area (Å²) in [5.41, 5.74) is 7.90. The minimum Gasteiger partial charge on any atom is -0.454 e. The van der Waals surface area contributed by atoms with Crippen LogP contribution in [0.4, 0.5) is 0 Å². The molecule has 2 aromatic rings. The van der Waals surface area contributed by atoms with E-state index >= 15 is 0 Å². The highest BCUT2D eigenvalue weighted by Gasteiger charge is 2.35. The number of piperidine rings is 1. The third kappa shape index (κ3) is 4.54. The number of hydrogen-bond donors (Lipinski definition) is 1. The molecule has 1 amide bonds. The number of hydrogen-bond acceptors (Lipinski definition) is 6. The van der Waals surface area contributed by atoms with Gasteiger partial charge in [0, 0.05) is 30.1 Å². The van der Waals surface area contributed by atoms with E-state index in [9.17, 15) is 4.79 Å². The minimum absolute atomic E-state index is 0. The van der Waals surface area contributed by atoms with E-state index in [1.54, 1.807) is 0 Å². The zero-order chi connectivity index (χ0) is 18.3. The number of amides is 1. The Balaban J connectivity index is 0.00000140. The Bertz CT molecular complexity index is 844. The van der Waals surface area contributed by atoms with Crippen LogP contribution in [-0.4, -0.2) is 41.7 Å². The minimum atomic E-state index is -0.0480. The van der Waals surface area contributed by atoms with Crippen molar-refractivity contribution < 1.29 is 14.3 Å². The van der Waals surface area contributed by atoms with Gasteiger partial charge >= 0.3 is 0 Å². The van der Waals surface area contributed by atoms with Gasteiger partial charge in [0.2, 0.25) is 12.7 Å². The Morgan fingerprint density at radius 2 is 2.07 bits per heavy atom. The molecular weight excluding hydrogens is 421 g/mol. The number of nitrogens with zero attached hydrogens (tertiary/aromatic N) is 2. The molecule has 0 bridgehead atoms. The number of halogens is 2. The van der Waals surface area contributed by atoms with Crippen LogP contribution in [0.15, 0.2) is 23.6 Å². The van der Waals surface area contributed by atoms with Crippen molar-refractivity contribution in [2.75, 3.05) is 19.9 Å². The fourth-order valence-corrected chi connectivity index (χ4v) is 4.22. The standard InChI is InChI=1S/C19H23N3O3S.2ClH/c1-19(2)10-22(6-5-16(19)20)17(23)8-13-9-26-18(21-13)12-3-4-14-15(7-12)25-11-24-14;;/h3-4,7,9,16H,5-6,8,10-11,20H2,1-2H3;2*1H. The summed E-state index contributed by atoms with van der Waals surface area (Å²) in [6, 6.07) is 5.93. The largest absolute Gasteiger partial charge is 0.454 e. The molecule has 9 heteroatoms. The molecule has 2 aliphatic heterocycles. The van der Waals surface area contributed by atoms with Crippen LogP contribution < -0.4 is 15.2 Å². The van der Waals surface area contributed by atoms with E-state index in [0.717, 1.165) is 40.7 Å². The molecule has 0 aliphatic carbocycles. The second-order valence-electron chi connectivity index (χ2n) is 7.59. The van der Waals surface area contributed by atoms with Crippen LogP contribution in [0, 0.1) is 5.41 Å². The Morgan fingerprint density at radius 1 is 1.32 bits per heavy atom. The summed E-state index contributed by atoms with van der Waals surface area (Å²) in [5, 5.41) is 2.84. The van der Waals surface area contributed by atoms with E-state index in [1.165, 1.54) is 11.3 Å². The lowest BCUT2D eigenvalue weighted by atomic mass is 9.79. The van der Waals surface area contributed by atoms with Gasteiger partial charge in [-0.3, -0.25) is 4.79 Å². The van der Waals surface area contributed by atoms with Gasteiger partial charge in [-0.15, -0.1) is 36.2 Å². The lowest BCUT2D eigenvalue weighted by molar-refractivity contribution is -0.133. The van der Waals surface area contributed by atoms with E-state index in [2.05, 4.69) is 18.8 Å². The number of fused-ring (bicyclic) bond motifs is 1. The average molecular weight is 446 g/mol. The van der Waals surface area contributed by atoms with Gasteiger partial charge in [0.1, 0.15) is 5.01 Å².